The smallest absolute Gasteiger partial charge is 0.239 e. The maximum absolute atomic E-state index is 12.9. The fourth-order valence-corrected chi connectivity index (χ4v) is 2.75. The van der Waals surface area contributed by atoms with Crippen LogP contribution in [0, 0.1) is 11.7 Å². The molecule has 2 aromatic carbocycles. The normalized spacial score (nSPS) is 17.9. The number of hydrogen-bond donors (Lipinski definition) is 1. The summed E-state index contributed by atoms with van der Waals surface area (Å²) in [6.45, 7) is 0.614. The zero-order valence-electron chi connectivity index (χ0n) is 12.5. The van der Waals surface area contributed by atoms with Gasteiger partial charge >= 0.3 is 0 Å². The number of halogens is 1. The van der Waals surface area contributed by atoms with E-state index in [9.17, 15) is 14.0 Å². The molecule has 2 amide bonds. The summed E-state index contributed by atoms with van der Waals surface area (Å²) in [5, 5.41) is 2.69. The fourth-order valence-electron chi connectivity index (χ4n) is 2.75. The van der Waals surface area contributed by atoms with Crippen LogP contribution in [0.1, 0.15) is 12.8 Å². The van der Waals surface area contributed by atoms with Gasteiger partial charge in [0.05, 0.1) is 0 Å². The highest BCUT2D eigenvalue weighted by Gasteiger charge is 2.34. The number of nitrogens with one attached hydrogen (secondary N) is 1. The predicted octanol–water partition coefficient (Wildman–Crippen LogP) is 3.21. The number of carbonyl (C=O) groups excluding carboxylic acids is 2. The van der Waals surface area contributed by atoms with Gasteiger partial charge in [0.15, 0.2) is 0 Å². The van der Waals surface area contributed by atoms with Crippen LogP contribution >= 0.6 is 0 Å². The molecule has 4 nitrogen and oxygen atoms in total. The predicted molar refractivity (Wildman–Crippen MR) is 86.5 cm³/mol. The van der Waals surface area contributed by atoms with Crippen molar-refractivity contribution in [2.24, 2.45) is 5.92 Å². The number of nitrogens with zero attached hydrogens (tertiary/aromatic N) is 1. The van der Waals surface area contributed by atoms with Crippen LogP contribution in [0.25, 0.3) is 0 Å². The van der Waals surface area contributed by atoms with E-state index in [0.29, 0.717) is 18.7 Å². The second kappa shape index (κ2) is 6.60. The largest absolute Gasteiger partial charge is 0.325 e. The number of benzene rings is 2. The molecule has 23 heavy (non-hydrogen) atoms. The van der Waals surface area contributed by atoms with Gasteiger partial charge < -0.3 is 10.2 Å². The average molecular weight is 312 g/mol. The third kappa shape index (κ3) is 3.39. The highest BCUT2D eigenvalue weighted by molar-refractivity contribution is 6.12. The van der Waals surface area contributed by atoms with Crippen molar-refractivity contribution >= 4 is 23.2 Å². The van der Waals surface area contributed by atoms with Crippen molar-refractivity contribution < 1.29 is 14.0 Å². The molecule has 5 heteroatoms. The first-order chi connectivity index (χ1) is 11.1. The van der Waals surface area contributed by atoms with Crippen molar-refractivity contribution in [1.29, 1.82) is 0 Å². The Morgan fingerprint density at radius 3 is 2.48 bits per heavy atom. The van der Waals surface area contributed by atoms with E-state index in [1.54, 1.807) is 4.90 Å². The topological polar surface area (TPSA) is 49.4 Å². The first-order valence-corrected chi connectivity index (χ1v) is 7.58. The summed E-state index contributed by atoms with van der Waals surface area (Å²) in [5.74, 6) is -1.62. The Bertz CT molecular complexity index is 701. The Morgan fingerprint density at radius 1 is 1.09 bits per heavy atom. The van der Waals surface area contributed by atoms with Gasteiger partial charge in [-0.2, -0.15) is 0 Å². The highest BCUT2D eigenvalue weighted by Crippen LogP contribution is 2.25. The minimum Gasteiger partial charge on any atom is -0.325 e. The summed E-state index contributed by atoms with van der Waals surface area (Å²) in [5.41, 5.74) is 1.29. The van der Waals surface area contributed by atoms with Gasteiger partial charge in [-0.15, -0.1) is 0 Å². The lowest BCUT2D eigenvalue weighted by atomic mass is 9.95. The summed E-state index contributed by atoms with van der Waals surface area (Å²) >= 11 is 0. The SMILES string of the molecule is O=C(Nc1ccc(F)cc1)C1CCCN(c2ccccc2)C1=O. The Hall–Kier alpha value is -2.69. The number of piperidine rings is 1. The minimum absolute atomic E-state index is 0.193. The second-order valence-electron chi connectivity index (χ2n) is 5.52. The van der Waals surface area contributed by atoms with Gasteiger partial charge in [0, 0.05) is 17.9 Å². The van der Waals surface area contributed by atoms with Gasteiger partial charge in [0.25, 0.3) is 0 Å². The first kappa shape index (κ1) is 15.2. The molecule has 0 aromatic heterocycles. The lowest BCUT2D eigenvalue weighted by Crippen LogP contribution is -2.46. The summed E-state index contributed by atoms with van der Waals surface area (Å²) < 4.78 is 12.9. The first-order valence-electron chi connectivity index (χ1n) is 7.58. The molecule has 3 rings (SSSR count). The Morgan fingerprint density at radius 2 is 1.78 bits per heavy atom. The molecule has 0 spiro atoms. The van der Waals surface area contributed by atoms with Crippen LogP contribution in [-0.4, -0.2) is 18.4 Å². The molecule has 1 fully saturated rings. The Balaban J connectivity index is 1.73. The van der Waals surface area contributed by atoms with Gasteiger partial charge in [-0.05, 0) is 49.2 Å². The molecule has 1 heterocycles. The van der Waals surface area contributed by atoms with Crippen molar-refractivity contribution in [3.05, 3.63) is 60.4 Å². The van der Waals surface area contributed by atoms with Crippen molar-refractivity contribution in [1.82, 2.24) is 0 Å². The number of rotatable bonds is 3. The summed E-state index contributed by atoms with van der Waals surface area (Å²) in [6.07, 6.45) is 1.29. The number of hydrogen-bond acceptors (Lipinski definition) is 2. The molecule has 0 aliphatic carbocycles. The van der Waals surface area contributed by atoms with Crippen LogP contribution in [0.15, 0.2) is 54.6 Å². The number of para-hydroxylation sites is 1. The van der Waals surface area contributed by atoms with Crippen LogP contribution in [0.5, 0.6) is 0 Å². The number of amides is 2. The molecule has 1 aliphatic heterocycles. The van der Waals surface area contributed by atoms with Crippen LogP contribution in [-0.2, 0) is 9.59 Å². The lowest BCUT2D eigenvalue weighted by Gasteiger charge is -2.31. The van der Waals surface area contributed by atoms with E-state index in [2.05, 4.69) is 5.32 Å². The zero-order valence-corrected chi connectivity index (χ0v) is 12.5. The van der Waals surface area contributed by atoms with Crippen LogP contribution in [0.3, 0.4) is 0 Å². The third-order valence-electron chi connectivity index (χ3n) is 3.93. The Kier molecular flexibility index (Phi) is 4.37. The van der Waals surface area contributed by atoms with Crippen molar-refractivity contribution in [2.45, 2.75) is 12.8 Å². The highest BCUT2D eigenvalue weighted by atomic mass is 19.1. The maximum atomic E-state index is 12.9. The van der Waals surface area contributed by atoms with Crippen molar-refractivity contribution in [3.63, 3.8) is 0 Å². The van der Waals surface area contributed by atoms with Gasteiger partial charge in [-0.1, -0.05) is 18.2 Å². The molecule has 1 N–H and O–H groups in total. The van der Waals surface area contributed by atoms with E-state index in [4.69, 9.17) is 0 Å². The standard InChI is InChI=1S/C18H17FN2O2/c19-13-8-10-14(11-9-13)20-17(22)16-7-4-12-21(18(16)23)15-5-2-1-3-6-15/h1-3,5-6,8-11,16H,4,7,12H2,(H,20,22). The van der Waals surface area contributed by atoms with Gasteiger partial charge in [-0.3, -0.25) is 9.59 Å². The van der Waals surface area contributed by atoms with E-state index in [1.165, 1.54) is 24.3 Å². The quantitative estimate of drug-likeness (QED) is 0.885. The molecule has 1 unspecified atom stereocenters. The van der Waals surface area contributed by atoms with Gasteiger partial charge in [-0.25, -0.2) is 4.39 Å². The molecular formula is C18H17FN2O2. The monoisotopic (exact) mass is 312 g/mol. The number of anilines is 2. The second-order valence-corrected chi connectivity index (χ2v) is 5.52. The lowest BCUT2D eigenvalue weighted by molar-refractivity contribution is -0.132. The molecule has 0 saturated carbocycles. The number of carbonyl (C=O) groups is 2. The van der Waals surface area contributed by atoms with E-state index in [0.717, 1.165) is 12.1 Å². The summed E-state index contributed by atoms with van der Waals surface area (Å²) in [7, 11) is 0. The molecule has 1 aliphatic rings. The molecule has 0 bridgehead atoms. The Labute approximate surface area is 133 Å². The molecule has 0 radical (unpaired) electrons. The minimum atomic E-state index is -0.714. The van der Waals surface area contributed by atoms with Crippen molar-refractivity contribution in [2.75, 3.05) is 16.8 Å². The summed E-state index contributed by atoms with van der Waals surface area (Å²) in [6, 6.07) is 14.8. The van der Waals surface area contributed by atoms with Crippen LogP contribution < -0.4 is 10.2 Å². The van der Waals surface area contributed by atoms with E-state index < -0.39 is 5.92 Å². The average Bonchev–Trinajstić information content (AvgIpc) is 2.58. The zero-order chi connectivity index (χ0) is 16.2. The van der Waals surface area contributed by atoms with Crippen molar-refractivity contribution in [3.8, 4) is 0 Å². The van der Waals surface area contributed by atoms with E-state index in [-0.39, 0.29) is 17.6 Å². The van der Waals surface area contributed by atoms with Crippen LogP contribution in [0.2, 0.25) is 0 Å². The van der Waals surface area contributed by atoms with Gasteiger partial charge in [0.2, 0.25) is 11.8 Å². The van der Waals surface area contributed by atoms with Gasteiger partial charge in [0.1, 0.15) is 11.7 Å². The fraction of sp³-hybridized carbons (Fsp3) is 0.222. The molecule has 1 saturated heterocycles. The van der Waals surface area contributed by atoms with Crippen LogP contribution in [0.4, 0.5) is 15.8 Å². The van der Waals surface area contributed by atoms with E-state index in [1.807, 2.05) is 30.3 Å². The maximum Gasteiger partial charge on any atom is 0.239 e. The molecular weight excluding hydrogens is 295 g/mol. The molecule has 118 valence electrons. The third-order valence-corrected chi connectivity index (χ3v) is 3.93. The van der Waals surface area contributed by atoms with E-state index >= 15 is 0 Å². The molecule has 2 aromatic rings. The summed E-state index contributed by atoms with van der Waals surface area (Å²) in [4.78, 5) is 26.7. The molecule has 1 atom stereocenters.